The molecule has 0 radical (unpaired) electrons. The van der Waals surface area contributed by atoms with Crippen molar-refractivity contribution >= 4 is 21.7 Å². The Labute approximate surface area is 79.9 Å². The van der Waals surface area contributed by atoms with Crippen LogP contribution in [0.5, 0.6) is 0 Å². The molecule has 0 spiro atoms. The zero-order valence-corrected chi connectivity index (χ0v) is 8.39. The molecule has 0 bridgehead atoms. The van der Waals surface area contributed by atoms with Crippen molar-refractivity contribution in [1.29, 1.82) is 0 Å². The first kappa shape index (κ1) is 7.99. The second-order valence-corrected chi connectivity index (χ2v) is 4.19. The monoisotopic (exact) mass is 224 g/mol. The molecule has 1 aliphatic carbocycles. The summed E-state index contributed by atoms with van der Waals surface area (Å²) < 4.78 is 1.06. The first-order valence-corrected chi connectivity index (χ1v) is 4.80. The summed E-state index contributed by atoms with van der Waals surface area (Å²) in [6.07, 6.45) is 0.896. The number of rotatable bonds is 0. The maximum Gasteiger partial charge on any atom is 0.166 e. The van der Waals surface area contributed by atoms with Crippen LogP contribution in [0.4, 0.5) is 0 Å². The predicted molar refractivity (Wildman–Crippen MR) is 51.3 cm³/mol. The molecule has 0 heterocycles. The molecule has 2 heteroatoms. The van der Waals surface area contributed by atoms with E-state index in [4.69, 9.17) is 0 Å². The second-order valence-electron chi connectivity index (χ2n) is 3.27. The highest BCUT2D eigenvalue weighted by Crippen LogP contribution is 2.28. The summed E-state index contributed by atoms with van der Waals surface area (Å²) in [5, 5.41) is 0. The topological polar surface area (TPSA) is 17.1 Å². The number of halogens is 1. The van der Waals surface area contributed by atoms with Gasteiger partial charge in [0.15, 0.2) is 5.78 Å². The van der Waals surface area contributed by atoms with Crippen molar-refractivity contribution in [2.45, 2.75) is 13.3 Å². The Morgan fingerprint density at radius 3 is 3.00 bits per heavy atom. The molecular weight excluding hydrogens is 216 g/mol. The van der Waals surface area contributed by atoms with E-state index in [1.165, 1.54) is 5.56 Å². The van der Waals surface area contributed by atoms with E-state index in [2.05, 4.69) is 15.9 Å². The summed E-state index contributed by atoms with van der Waals surface area (Å²) in [4.78, 5) is 11.5. The Morgan fingerprint density at radius 1 is 1.50 bits per heavy atom. The van der Waals surface area contributed by atoms with E-state index < -0.39 is 0 Å². The summed E-state index contributed by atoms with van der Waals surface area (Å²) >= 11 is 3.39. The number of Topliss-reactive ketones (excluding diaryl/α,β-unsaturated/α-hetero) is 1. The summed E-state index contributed by atoms with van der Waals surface area (Å²) in [6.45, 7) is 1.98. The zero-order chi connectivity index (χ0) is 8.72. The minimum atomic E-state index is 0.175. The van der Waals surface area contributed by atoms with Crippen LogP contribution in [0.25, 0.3) is 0 Å². The van der Waals surface area contributed by atoms with Crippen molar-refractivity contribution in [3.63, 3.8) is 0 Å². The normalized spacial score (nSPS) is 21.2. The zero-order valence-electron chi connectivity index (χ0n) is 6.80. The first-order chi connectivity index (χ1) is 5.68. The molecule has 1 nitrogen and oxygen atoms in total. The summed E-state index contributed by atoms with van der Waals surface area (Å²) in [5.41, 5.74) is 2.09. The van der Waals surface area contributed by atoms with Crippen LogP contribution in [0.3, 0.4) is 0 Å². The Morgan fingerprint density at radius 2 is 2.25 bits per heavy atom. The number of hydrogen-bond acceptors (Lipinski definition) is 1. The fraction of sp³-hybridized carbons (Fsp3) is 0.300. The van der Waals surface area contributed by atoms with Crippen molar-refractivity contribution < 1.29 is 4.79 Å². The van der Waals surface area contributed by atoms with Crippen LogP contribution in [0.1, 0.15) is 22.8 Å². The van der Waals surface area contributed by atoms with E-state index in [1.807, 2.05) is 25.1 Å². The molecule has 0 saturated carbocycles. The van der Waals surface area contributed by atoms with Crippen molar-refractivity contribution in [2.75, 3.05) is 0 Å². The van der Waals surface area contributed by atoms with E-state index in [1.54, 1.807) is 0 Å². The molecule has 1 aliphatic rings. The number of carbonyl (C=O) groups is 1. The van der Waals surface area contributed by atoms with Crippen LogP contribution in [-0.2, 0) is 6.42 Å². The van der Waals surface area contributed by atoms with Gasteiger partial charge >= 0.3 is 0 Å². The lowest BCUT2D eigenvalue weighted by Crippen LogP contribution is -2.02. The Hall–Kier alpha value is -0.630. The lowest BCUT2D eigenvalue weighted by Gasteiger charge is -1.95. The average molecular weight is 225 g/mol. The van der Waals surface area contributed by atoms with Crippen molar-refractivity contribution in [3.8, 4) is 0 Å². The number of benzene rings is 1. The molecule has 1 aromatic carbocycles. The van der Waals surface area contributed by atoms with E-state index in [9.17, 15) is 4.79 Å². The van der Waals surface area contributed by atoms with Crippen LogP contribution >= 0.6 is 15.9 Å². The van der Waals surface area contributed by atoms with Crippen molar-refractivity contribution in [1.82, 2.24) is 0 Å². The molecule has 2 rings (SSSR count). The van der Waals surface area contributed by atoms with Gasteiger partial charge in [-0.1, -0.05) is 28.9 Å². The van der Waals surface area contributed by atoms with E-state index in [-0.39, 0.29) is 11.7 Å². The third-order valence-corrected chi connectivity index (χ3v) is 2.80. The van der Waals surface area contributed by atoms with Gasteiger partial charge in [-0.05, 0) is 24.1 Å². The molecular formula is C10H9BrO. The minimum absolute atomic E-state index is 0.175. The molecule has 0 saturated heterocycles. The molecule has 1 atom stereocenters. The van der Waals surface area contributed by atoms with Gasteiger partial charge < -0.3 is 0 Å². The number of hydrogen-bond donors (Lipinski definition) is 0. The van der Waals surface area contributed by atoms with Gasteiger partial charge in [-0.3, -0.25) is 4.79 Å². The molecule has 0 aromatic heterocycles. The highest BCUT2D eigenvalue weighted by atomic mass is 79.9. The second kappa shape index (κ2) is 2.70. The Bertz CT molecular complexity index is 344. The largest absolute Gasteiger partial charge is 0.294 e. The first-order valence-electron chi connectivity index (χ1n) is 4.01. The van der Waals surface area contributed by atoms with Crippen molar-refractivity contribution in [3.05, 3.63) is 33.8 Å². The standard InChI is InChI=1S/C10H9BrO/c1-6-4-7-5-8(11)2-3-9(7)10(6)12/h2-3,5-6H,4H2,1H3/t6-/m0/s1. The van der Waals surface area contributed by atoms with Gasteiger partial charge in [0.05, 0.1) is 0 Å². The van der Waals surface area contributed by atoms with E-state index in [0.29, 0.717) is 0 Å². The maximum absolute atomic E-state index is 11.5. The lowest BCUT2D eigenvalue weighted by molar-refractivity contribution is 0.0946. The quantitative estimate of drug-likeness (QED) is 0.663. The summed E-state index contributed by atoms with van der Waals surface area (Å²) in [7, 11) is 0. The highest BCUT2D eigenvalue weighted by molar-refractivity contribution is 9.10. The third-order valence-electron chi connectivity index (χ3n) is 2.31. The van der Waals surface area contributed by atoms with Crippen LogP contribution < -0.4 is 0 Å². The van der Waals surface area contributed by atoms with Gasteiger partial charge in [-0.25, -0.2) is 0 Å². The molecule has 0 fully saturated rings. The molecule has 12 heavy (non-hydrogen) atoms. The molecule has 0 N–H and O–H groups in total. The summed E-state index contributed by atoms with van der Waals surface area (Å²) in [5.74, 6) is 0.465. The van der Waals surface area contributed by atoms with Crippen molar-refractivity contribution in [2.24, 2.45) is 5.92 Å². The lowest BCUT2D eigenvalue weighted by atomic mass is 10.1. The molecule has 62 valence electrons. The molecule has 0 amide bonds. The highest BCUT2D eigenvalue weighted by Gasteiger charge is 2.26. The molecule has 1 aromatic rings. The smallest absolute Gasteiger partial charge is 0.166 e. The van der Waals surface area contributed by atoms with Gasteiger partial charge in [-0.2, -0.15) is 0 Å². The SMILES string of the molecule is C[C@H]1Cc2cc(Br)ccc2C1=O. The number of ketones is 1. The number of carbonyl (C=O) groups excluding carboxylic acids is 1. The summed E-state index contributed by atoms with van der Waals surface area (Å²) in [6, 6.07) is 5.87. The van der Waals surface area contributed by atoms with E-state index in [0.717, 1.165) is 16.5 Å². The van der Waals surface area contributed by atoms with Crippen LogP contribution in [0, 0.1) is 5.92 Å². The minimum Gasteiger partial charge on any atom is -0.294 e. The predicted octanol–water partition coefficient (Wildman–Crippen LogP) is 2.82. The van der Waals surface area contributed by atoms with Gasteiger partial charge in [-0.15, -0.1) is 0 Å². The Balaban J connectivity index is 2.54. The van der Waals surface area contributed by atoms with E-state index >= 15 is 0 Å². The Kier molecular flexibility index (Phi) is 1.80. The fourth-order valence-corrected chi connectivity index (χ4v) is 2.07. The fourth-order valence-electron chi connectivity index (χ4n) is 1.66. The molecule has 0 aliphatic heterocycles. The number of fused-ring (bicyclic) bond motifs is 1. The van der Waals surface area contributed by atoms with Gasteiger partial charge in [0, 0.05) is 16.0 Å². The maximum atomic E-state index is 11.5. The van der Waals surface area contributed by atoms with Gasteiger partial charge in [0.25, 0.3) is 0 Å². The van der Waals surface area contributed by atoms with Gasteiger partial charge in [0.2, 0.25) is 0 Å². The van der Waals surface area contributed by atoms with Crippen LogP contribution in [0.15, 0.2) is 22.7 Å². The van der Waals surface area contributed by atoms with Gasteiger partial charge in [0.1, 0.15) is 0 Å². The van der Waals surface area contributed by atoms with Crippen LogP contribution in [0.2, 0.25) is 0 Å². The third kappa shape index (κ3) is 1.11. The van der Waals surface area contributed by atoms with Crippen LogP contribution in [-0.4, -0.2) is 5.78 Å². The average Bonchev–Trinajstić information content (AvgIpc) is 2.28. The molecule has 0 unspecified atom stereocenters.